The predicted molar refractivity (Wildman–Crippen MR) is 68.2 cm³/mol. The van der Waals surface area contributed by atoms with Crippen molar-refractivity contribution in [3.63, 3.8) is 0 Å². The molecule has 0 aromatic heterocycles. The zero-order valence-corrected chi connectivity index (χ0v) is 10.4. The van der Waals surface area contributed by atoms with Gasteiger partial charge in [0.25, 0.3) is 0 Å². The third-order valence-corrected chi connectivity index (χ3v) is 3.16. The van der Waals surface area contributed by atoms with Crippen LogP contribution in [0, 0.1) is 11.3 Å². The van der Waals surface area contributed by atoms with Crippen LogP contribution in [-0.2, 0) is 0 Å². The standard InChI is InChI=1S/C14H23N/c1-12(14(2,3)4)10-11-15-13-8-6-5-7-9-13/h5-9,12,15H,10-11H2,1-4H3. The average molecular weight is 205 g/mol. The molecule has 0 fully saturated rings. The SMILES string of the molecule is CC(CCNc1ccccc1)C(C)(C)C. The molecule has 0 bridgehead atoms. The number of rotatable bonds is 4. The van der Waals surface area contributed by atoms with Crippen LogP contribution in [0.3, 0.4) is 0 Å². The van der Waals surface area contributed by atoms with Crippen molar-refractivity contribution in [3.05, 3.63) is 30.3 Å². The minimum absolute atomic E-state index is 0.415. The summed E-state index contributed by atoms with van der Waals surface area (Å²) in [5.74, 6) is 0.744. The van der Waals surface area contributed by atoms with E-state index in [2.05, 4.69) is 57.3 Å². The Balaban J connectivity index is 2.28. The van der Waals surface area contributed by atoms with Gasteiger partial charge in [0.2, 0.25) is 0 Å². The van der Waals surface area contributed by atoms with Crippen LogP contribution in [0.15, 0.2) is 30.3 Å². The molecule has 0 aliphatic carbocycles. The van der Waals surface area contributed by atoms with E-state index in [1.54, 1.807) is 0 Å². The van der Waals surface area contributed by atoms with Crippen molar-refractivity contribution in [3.8, 4) is 0 Å². The number of para-hydroxylation sites is 1. The minimum Gasteiger partial charge on any atom is -0.385 e. The van der Waals surface area contributed by atoms with Crippen molar-refractivity contribution in [2.24, 2.45) is 11.3 Å². The first-order valence-electron chi connectivity index (χ1n) is 5.79. The number of nitrogens with one attached hydrogen (secondary N) is 1. The van der Waals surface area contributed by atoms with Gasteiger partial charge in [-0.2, -0.15) is 0 Å². The summed E-state index contributed by atoms with van der Waals surface area (Å²) in [6.45, 7) is 10.3. The Kier molecular flexibility index (Phi) is 4.19. The van der Waals surface area contributed by atoms with Gasteiger partial charge in [-0.1, -0.05) is 45.9 Å². The van der Waals surface area contributed by atoms with Gasteiger partial charge in [-0.3, -0.25) is 0 Å². The fourth-order valence-electron chi connectivity index (χ4n) is 1.42. The van der Waals surface area contributed by atoms with Gasteiger partial charge < -0.3 is 5.32 Å². The molecule has 1 rings (SSSR count). The molecule has 0 spiro atoms. The van der Waals surface area contributed by atoms with E-state index in [0.29, 0.717) is 5.41 Å². The van der Waals surface area contributed by atoms with Crippen LogP contribution in [0.2, 0.25) is 0 Å². The lowest BCUT2D eigenvalue weighted by molar-refractivity contribution is 0.252. The van der Waals surface area contributed by atoms with Crippen molar-refractivity contribution in [1.82, 2.24) is 0 Å². The largest absolute Gasteiger partial charge is 0.385 e. The highest BCUT2D eigenvalue weighted by Crippen LogP contribution is 2.27. The Labute approximate surface area is 93.9 Å². The number of benzene rings is 1. The lowest BCUT2D eigenvalue weighted by Gasteiger charge is -2.27. The average Bonchev–Trinajstić information content (AvgIpc) is 2.18. The van der Waals surface area contributed by atoms with Crippen molar-refractivity contribution < 1.29 is 0 Å². The molecular weight excluding hydrogens is 182 g/mol. The molecule has 0 aliphatic heterocycles. The van der Waals surface area contributed by atoms with E-state index >= 15 is 0 Å². The first-order valence-corrected chi connectivity index (χ1v) is 5.79. The normalized spacial score (nSPS) is 13.6. The van der Waals surface area contributed by atoms with Gasteiger partial charge in [-0.25, -0.2) is 0 Å². The van der Waals surface area contributed by atoms with Gasteiger partial charge in [0, 0.05) is 12.2 Å². The molecule has 1 N–H and O–H groups in total. The molecule has 1 unspecified atom stereocenters. The Morgan fingerprint density at radius 3 is 2.27 bits per heavy atom. The fraction of sp³-hybridized carbons (Fsp3) is 0.571. The fourth-order valence-corrected chi connectivity index (χ4v) is 1.42. The third kappa shape index (κ3) is 4.37. The van der Waals surface area contributed by atoms with Crippen LogP contribution in [0.1, 0.15) is 34.1 Å². The summed E-state index contributed by atoms with van der Waals surface area (Å²) in [6, 6.07) is 10.4. The molecule has 1 atom stereocenters. The summed E-state index contributed by atoms with van der Waals surface area (Å²) in [6.07, 6.45) is 1.22. The van der Waals surface area contributed by atoms with E-state index < -0.39 is 0 Å². The Hall–Kier alpha value is -0.980. The van der Waals surface area contributed by atoms with Crippen LogP contribution in [-0.4, -0.2) is 6.54 Å². The molecule has 0 saturated heterocycles. The summed E-state index contributed by atoms with van der Waals surface area (Å²) in [5, 5.41) is 3.45. The predicted octanol–water partition coefficient (Wildman–Crippen LogP) is 4.17. The lowest BCUT2D eigenvalue weighted by Crippen LogP contribution is -2.20. The zero-order valence-electron chi connectivity index (χ0n) is 10.4. The Morgan fingerprint density at radius 2 is 1.73 bits per heavy atom. The summed E-state index contributed by atoms with van der Waals surface area (Å²) in [7, 11) is 0. The van der Waals surface area contributed by atoms with Crippen molar-refractivity contribution in [1.29, 1.82) is 0 Å². The van der Waals surface area contributed by atoms with Gasteiger partial charge in [-0.05, 0) is 29.9 Å². The van der Waals surface area contributed by atoms with Crippen LogP contribution in [0.4, 0.5) is 5.69 Å². The van der Waals surface area contributed by atoms with E-state index in [9.17, 15) is 0 Å². The second-order valence-electron chi connectivity index (χ2n) is 5.35. The molecule has 0 heterocycles. The number of hydrogen-bond acceptors (Lipinski definition) is 1. The van der Waals surface area contributed by atoms with Gasteiger partial charge in [0.15, 0.2) is 0 Å². The maximum absolute atomic E-state index is 3.45. The molecule has 1 aromatic rings. The Morgan fingerprint density at radius 1 is 1.13 bits per heavy atom. The molecule has 1 nitrogen and oxygen atoms in total. The maximum Gasteiger partial charge on any atom is 0.0340 e. The van der Waals surface area contributed by atoms with Crippen LogP contribution in [0.5, 0.6) is 0 Å². The summed E-state index contributed by atoms with van der Waals surface area (Å²) in [4.78, 5) is 0. The first-order chi connectivity index (χ1) is 7.00. The quantitative estimate of drug-likeness (QED) is 0.778. The van der Waals surface area contributed by atoms with E-state index in [4.69, 9.17) is 0 Å². The van der Waals surface area contributed by atoms with Gasteiger partial charge in [-0.15, -0.1) is 0 Å². The molecule has 0 aliphatic rings. The molecule has 0 radical (unpaired) electrons. The lowest BCUT2D eigenvalue weighted by atomic mass is 9.80. The summed E-state index contributed by atoms with van der Waals surface area (Å²) >= 11 is 0. The first kappa shape index (κ1) is 12.1. The molecule has 1 aromatic carbocycles. The van der Waals surface area contributed by atoms with Crippen molar-refractivity contribution in [2.75, 3.05) is 11.9 Å². The van der Waals surface area contributed by atoms with E-state index in [0.717, 1.165) is 12.5 Å². The highest BCUT2D eigenvalue weighted by atomic mass is 14.9. The van der Waals surface area contributed by atoms with E-state index in [1.807, 2.05) is 6.07 Å². The van der Waals surface area contributed by atoms with Crippen LogP contribution >= 0.6 is 0 Å². The zero-order chi connectivity index (χ0) is 11.3. The maximum atomic E-state index is 3.45. The molecule has 0 amide bonds. The Bertz CT molecular complexity index is 271. The smallest absolute Gasteiger partial charge is 0.0340 e. The highest BCUT2D eigenvalue weighted by molar-refractivity contribution is 5.42. The van der Waals surface area contributed by atoms with Crippen LogP contribution in [0.25, 0.3) is 0 Å². The van der Waals surface area contributed by atoms with E-state index in [1.165, 1.54) is 12.1 Å². The van der Waals surface area contributed by atoms with Crippen LogP contribution < -0.4 is 5.32 Å². The number of anilines is 1. The third-order valence-electron chi connectivity index (χ3n) is 3.16. The molecule has 15 heavy (non-hydrogen) atoms. The minimum atomic E-state index is 0.415. The summed E-state index contributed by atoms with van der Waals surface area (Å²) in [5.41, 5.74) is 1.64. The van der Waals surface area contributed by atoms with Gasteiger partial charge >= 0.3 is 0 Å². The topological polar surface area (TPSA) is 12.0 Å². The molecule has 84 valence electrons. The van der Waals surface area contributed by atoms with Gasteiger partial charge in [0.1, 0.15) is 0 Å². The molecule has 0 saturated carbocycles. The van der Waals surface area contributed by atoms with E-state index in [-0.39, 0.29) is 0 Å². The molecule has 1 heteroatoms. The van der Waals surface area contributed by atoms with Crippen molar-refractivity contribution >= 4 is 5.69 Å². The monoisotopic (exact) mass is 205 g/mol. The number of hydrogen-bond donors (Lipinski definition) is 1. The van der Waals surface area contributed by atoms with Crippen molar-refractivity contribution in [2.45, 2.75) is 34.1 Å². The van der Waals surface area contributed by atoms with Gasteiger partial charge in [0.05, 0.1) is 0 Å². The molecular formula is C14H23N. The summed E-state index contributed by atoms with van der Waals surface area (Å²) < 4.78 is 0. The second-order valence-corrected chi connectivity index (χ2v) is 5.35. The highest BCUT2D eigenvalue weighted by Gasteiger charge is 2.18. The second kappa shape index (κ2) is 5.20.